The van der Waals surface area contributed by atoms with Gasteiger partial charge in [-0.15, -0.1) is 0 Å². The van der Waals surface area contributed by atoms with E-state index in [0.717, 1.165) is 11.3 Å². The smallest absolute Gasteiger partial charge is 0.352 e. The lowest BCUT2D eigenvalue weighted by Crippen LogP contribution is -2.58. The molecule has 1 aromatic heterocycles. The van der Waals surface area contributed by atoms with Gasteiger partial charge in [0.1, 0.15) is 17.8 Å². The standard InChI is InChI=1S/C14H20F2N4O2/c15-14(16,13(22)6-2-3-7-13)12(21)20-8-4-1-5-10(20)11-17-9-18-19-11/h9-10,22H,1-8H2,(H,17,18,19)/t10-/m0/s1. The third kappa shape index (κ3) is 2.39. The number of rotatable bonds is 3. The summed E-state index contributed by atoms with van der Waals surface area (Å²) >= 11 is 0. The lowest BCUT2D eigenvalue weighted by atomic mass is 9.91. The minimum absolute atomic E-state index is 0.0352. The first-order valence-corrected chi connectivity index (χ1v) is 7.72. The summed E-state index contributed by atoms with van der Waals surface area (Å²) in [5.41, 5.74) is -2.21. The molecule has 0 radical (unpaired) electrons. The molecule has 0 bridgehead atoms. The second kappa shape index (κ2) is 5.57. The maximum absolute atomic E-state index is 14.6. The lowest BCUT2D eigenvalue weighted by molar-refractivity contribution is -0.203. The molecule has 2 heterocycles. The molecule has 122 valence electrons. The third-order valence-corrected chi connectivity index (χ3v) is 4.80. The van der Waals surface area contributed by atoms with Gasteiger partial charge in [0.05, 0.1) is 6.04 Å². The number of nitrogens with zero attached hydrogens (tertiary/aromatic N) is 3. The quantitative estimate of drug-likeness (QED) is 0.891. The van der Waals surface area contributed by atoms with Crippen molar-refractivity contribution >= 4 is 5.91 Å². The van der Waals surface area contributed by atoms with Crippen LogP contribution in [0.3, 0.4) is 0 Å². The van der Waals surface area contributed by atoms with Gasteiger partial charge in [-0.2, -0.15) is 13.9 Å². The molecule has 2 fully saturated rings. The maximum atomic E-state index is 14.6. The number of likely N-dealkylation sites (tertiary alicyclic amines) is 1. The van der Waals surface area contributed by atoms with Crippen LogP contribution >= 0.6 is 0 Å². The molecule has 1 aromatic rings. The summed E-state index contributed by atoms with van der Waals surface area (Å²) in [7, 11) is 0. The normalized spacial score (nSPS) is 25.4. The number of piperidine rings is 1. The van der Waals surface area contributed by atoms with E-state index in [2.05, 4.69) is 15.2 Å². The predicted octanol–water partition coefficient (Wildman–Crippen LogP) is 1.80. The minimum Gasteiger partial charge on any atom is -0.383 e. The first kappa shape index (κ1) is 15.3. The van der Waals surface area contributed by atoms with Gasteiger partial charge in [-0.1, -0.05) is 12.8 Å². The molecule has 22 heavy (non-hydrogen) atoms. The summed E-state index contributed by atoms with van der Waals surface area (Å²) in [6, 6.07) is -0.528. The summed E-state index contributed by atoms with van der Waals surface area (Å²) < 4.78 is 29.2. The number of nitrogens with one attached hydrogen (secondary N) is 1. The van der Waals surface area contributed by atoms with Gasteiger partial charge in [0.15, 0.2) is 0 Å². The molecular formula is C14H20F2N4O2. The van der Waals surface area contributed by atoms with E-state index in [1.807, 2.05) is 0 Å². The number of aliphatic hydroxyl groups is 1. The fourth-order valence-electron chi connectivity index (χ4n) is 3.49. The van der Waals surface area contributed by atoms with E-state index in [9.17, 15) is 18.7 Å². The van der Waals surface area contributed by atoms with Crippen molar-refractivity contribution in [2.75, 3.05) is 6.54 Å². The lowest BCUT2D eigenvalue weighted by Gasteiger charge is -2.40. The van der Waals surface area contributed by atoms with Crippen molar-refractivity contribution in [2.45, 2.75) is 62.5 Å². The molecule has 8 heteroatoms. The molecule has 1 saturated carbocycles. The Bertz CT molecular complexity index is 529. The summed E-state index contributed by atoms with van der Waals surface area (Å²) in [5.74, 6) is -4.64. The number of carbonyl (C=O) groups excluding carboxylic acids is 1. The number of H-pyrrole nitrogens is 1. The number of hydrogen-bond acceptors (Lipinski definition) is 4. The van der Waals surface area contributed by atoms with E-state index < -0.39 is 23.5 Å². The van der Waals surface area contributed by atoms with Gasteiger partial charge < -0.3 is 10.0 Å². The van der Waals surface area contributed by atoms with Crippen molar-refractivity contribution in [2.24, 2.45) is 0 Å². The van der Waals surface area contributed by atoms with Crippen LogP contribution in [0.2, 0.25) is 0 Å². The molecule has 1 aliphatic carbocycles. The third-order valence-electron chi connectivity index (χ3n) is 4.80. The van der Waals surface area contributed by atoms with Gasteiger partial charge in [0.25, 0.3) is 5.91 Å². The molecule has 2 N–H and O–H groups in total. The Morgan fingerprint density at radius 3 is 2.73 bits per heavy atom. The van der Waals surface area contributed by atoms with Crippen molar-refractivity contribution in [1.29, 1.82) is 0 Å². The molecule has 0 unspecified atom stereocenters. The Balaban J connectivity index is 1.85. The van der Waals surface area contributed by atoms with E-state index in [4.69, 9.17) is 0 Å². The van der Waals surface area contributed by atoms with Crippen LogP contribution in [-0.4, -0.2) is 49.2 Å². The zero-order chi connectivity index (χ0) is 15.8. The maximum Gasteiger partial charge on any atom is 0.352 e. The molecule has 0 spiro atoms. The van der Waals surface area contributed by atoms with Crippen LogP contribution < -0.4 is 0 Å². The molecule has 1 saturated heterocycles. The Morgan fingerprint density at radius 2 is 2.09 bits per heavy atom. The van der Waals surface area contributed by atoms with E-state index >= 15 is 0 Å². The highest BCUT2D eigenvalue weighted by atomic mass is 19.3. The number of hydrogen-bond donors (Lipinski definition) is 2. The molecule has 1 atom stereocenters. The Kier molecular flexibility index (Phi) is 3.88. The fourth-order valence-corrected chi connectivity index (χ4v) is 3.49. The monoisotopic (exact) mass is 314 g/mol. The summed E-state index contributed by atoms with van der Waals surface area (Å²) in [6.45, 7) is 0.246. The highest BCUT2D eigenvalue weighted by Crippen LogP contribution is 2.44. The summed E-state index contributed by atoms with van der Waals surface area (Å²) in [4.78, 5) is 17.6. The zero-order valence-corrected chi connectivity index (χ0v) is 12.3. The van der Waals surface area contributed by atoms with Crippen LogP contribution in [0.25, 0.3) is 0 Å². The Hall–Kier alpha value is -1.57. The van der Waals surface area contributed by atoms with Crippen LogP contribution in [0.5, 0.6) is 0 Å². The molecule has 0 aromatic carbocycles. The molecule has 6 nitrogen and oxygen atoms in total. The molecule has 1 amide bonds. The molecule has 2 aliphatic rings. The number of alkyl halides is 2. The molecular weight excluding hydrogens is 294 g/mol. The van der Waals surface area contributed by atoms with Crippen molar-refractivity contribution in [3.8, 4) is 0 Å². The molecule has 1 aliphatic heterocycles. The van der Waals surface area contributed by atoms with Gasteiger partial charge in [0.2, 0.25) is 0 Å². The number of aromatic amines is 1. The number of halogens is 2. The highest BCUT2D eigenvalue weighted by Gasteiger charge is 2.61. The van der Waals surface area contributed by atoms with Crippen molar-refractivity contribution in [3.05, 3.63) is 12.2 Å². The van der Waals surface area contributed by atoms with Crippen molar-refractivity contribution in [1.82, 2.24) is 20.1 Å². The first-order valence-electron chi connectivity index (χ1n) is 7.72. The Labute approximate surface area is 126 Å². The van der Waals surface area contributed by atoms with Crippen molar-refractivity contribution < 1.29 is 18.7 Å². The topological polar surface area (TPSA) is 82.1 Å². The average molecular weight is 314 g/mol. The van der Waals surface area contributed by atoms with E-state index in [1.165, 1.54) is 6.33 Å². The van der Waals surface area contributed by atoms with E-state index in [-0.39, 0.29) is 19.4 Å². The largest absolute Gasteiger partial charge is 0.383 e. The van der Waals surface area contributed by atoms with E-state index in [1.54, 1.807) is 0 Å². The van der Waals surface area contributed by atoms with Gasteiger partial charge >= 0.3 is 5.92 Å². The van der Waals surface area contributed by atoms with Crippen LogP contribution in [0.4, 0.5) is 8.78 Å². The van der Waals surface area contributed by atoms with Gasteiger partial charge in [-0.05, 0) is 32.1 Å². The van der Waals surface area contributed by atoms with Crippen LogP contribution in [0.1, 0.15) is 56.8 Å². The second-order valence-electron chi connectivity index (χ2n) is 6.19. The first-order chi connectivity index (χ1) is 10.5. The van der Waals surface area contributed by atoms with Gasteiger partial charge in [-0.3, -0.25) is 9.89 Å². The number of carbonyl (C=O) groups is 1. The number of aromatic nitrogens is 3. The van der Waals surface area contributed by atoms with Gasteiger partial charge in [-0.25, -0.2) is 4.98 Å². The second-order valence-corrected chi connectivity index (χ2v) is 6.19. The van der Waals surface area contributed by atoms with Gasteiger partial charge in [0, 0.05) is 6.54 Å². The SMILES string of the molecule is O=C(N1CCCC[C@H]1c1ncn[nH]1)C(F)(F)C1(O)CCCC1. The summed E-state index contributed by atoms with van der Waals surface area (Å²) in [5, 5.41) is 16.6. The van der Waals surface area contributed by atoms with Crippen LogP contribution in [0, 0.1) is 0 Å². The average Bonchev–Trinajstić information content (AvgIpc) is 3.18. The predicted molar refractivity (Wildman–Crippen MR) is 73.1 cm³/mol. The Morgan fingerprint density at radius 1 is 1.36 bits per heavy atom. The molecule has 3 rings (SSSR count). The fraction of sp³-hybridized carbons (Fsp3) is 0.786. The van der Waals surface area contributed by atoms with E-state index in [0.29, 0.717) is 31.5 Å². The number of amides is 1. The van der Waals surface area contributed by atoms with Crippen molar-refractivity contribution in [3.63, 3.8) is 0 Å². The summed E-state index contributed by atoms with van der Waals surface area (Å²) in [6.07, 6.45) is 4.34. The van der Waals surface area contributed by atoms with Crippen LogP contribution in [-0.2, 0) is 4.79 Å². The minimum atomic E-state index is -3.76. The van der Waals surface area contributed by atoms with Crippen LogP contribution in [0.15, 0.2) is 6.33 Å². The highest BCUT2D eigenvalue weighted by molar-refractivity contribution is 5.85. The zero-order valence-electron chi connectivity index (χ0n) is 12.3.